The molecule has 40 heavy (non-hydrogen) atoms. The Balaban J connectivity index is 1.43. The van der Waals surface area contributed by atoms with Gasteiger partial charge in [0.05, 0.1) is 11.4 Å². The number of urea groups is 1. The van der Waals surface area contributed by atoms with E-state index in [4.69, 9.17) is 14.6 Å². The van der Waals surface area contributed by atoms with Gasteiger partial charge in [0.2, 0.25) is 0 Å². The van der Waals surface area contributed by atoms with E-state index < -0.39 is 0 Å². The third kappa shape index (κ3) is 7.67. The maximum Gasteiger partial charge on any atom is 0.324 e. The number of aryl methyl sites for hydroxylation is 3. The number of hydrogen-bond donors (Lipinski definition) is 3. The number of rotatable bonds is 11. The van der Waals surface area contributed by atoms with Crippen molar-refractivity contribution in [1.82, 2.24) is 14.8 Å². The van der Waals surface area contributed by atoms with E-state index in [-0.39, 0.29) is 18.5 Å². The number of amides is 3. The summed E-state index contributed by atoms with van der Waals surface area (Å²) in [7, 11) is 1.45. The van der Waals surface area contributed by atoms with Gasteiger partial charge in [0.15, 0.2) is 0 Å². The number of nitrogens with one attached hydrogen (secondary N) is 3. The summed E-state index contributed by atoms with van der Waals surface area (Å²) in [5.41, 5.74) is 4.37. The largest absolute Gasteiger partial charge is 0.457 e. The first-order valence-corrected chi connectivity index (χ1v) is 13.1. The molecule has 10 nitrogen and oxygen atoms in total. The zero-order valence-electron chi connectivity index (χ0n) is 23.2. The van der Waals surface area contributed by atoms with E-state index >= 15 is 0 Å². The SMILES string of the molecule is CCCCc1cc(NC(=O)Nc2ccc(Oc3ccnc(NC(=O)COC)c3)c(C)c2)n(-c2ccc(C)cc2)n1. The van der Waals surface area contributed by atoms with Crippen LogP contribution in [0.1, 0.15) is 36.6 Å². The van der Waals surface area contributed by atoms with Crippen LogP contribution in [-0.2, 0) is 16.0 Å². The van der Waals surface area contributed by atoms with Crippen LogP contribution < -0.4 is 20.7 Å². The molecule has 4 aromatic rings. The fourth-order valence-corrected chi connectivity index (χ4v) is 3.98. The molecule has 0 spiro atoms. The first-order chi connectivity index (χ1) is 19.3. The number of benzene rings is 2. The van der Waals surface area contributed by atoms with E-state index in [0.29, 0.717) is 28.8 Å². The molecule has 4 rings (SSSR count). The van der Waals surface area contributed by atoms with E-state index in [2.05, 4.69) is 27.9 Å². The van der Waals surface area contributed by atoms with Gasteiger partial charge in [0.25, 0.3) is 5.91 Å². The van der Waals surface area contributed by atoms with Crippen LogP contribution in [0.5, 0.6) is 11.5 Å². The highest BCUT2D eigenvalue weighted by Crippen LogP contribution is 2.28. The molecule has 0 aliphatic heterocycles. The van der Waals surface area contributed by atoms with Crippen molar-refractivity contribution in [3.8, 4) is 17.2 Å². The minimum absolute atomic E-state index is 0.0672. The average molecular weight is 543 g/mol. The molecule has 2 aromatic carbocycles. The Morgan fingerprint density at radius 2 is 1.75 bits per heavy atom. The van der Waals surface area contributed by atoms with Crippen LogP contribution in [0.2, 0.25) is 0 Å². The van der Waals surface area contributed by atoms with Gasteiger partial charge < -0.3 is 20.1 Å². The second-order valence-corrected chi connectivity index (χ2v) is 9.39. The second-order valence-electron chi connectivity index (χ2n) is 9.39. The molecule has 2 aromatic heterocycles. The fourth-order valence-electron chi connectivity index (χ4n) is 3.98. The van der Waals surface area contributed by atoms with Crippen LogP contribution in [0.3, 0.4) is 0 Å². The molecule has 0 unspecified atom stereocenters. The number of unbranched alkanes of at least 4 members (excludes halogenated alkanes) is 1. The molecule has 208 valence electrons. The number of methoxy groups -OCH3 is 1. The quantitative estimate of drug-likeness (QED) is 0.206. The molecule has 0 saturated heterocycles. The molecule has 0 radical (unpaired) electrons. The standard InChI is InChI=1S/C30H34N6O4/c1-5-6-7-23-17-28(36(35-23)24-11-8-20(2)9-12-24)34-30(38)32-22-10-13-26(21(3)16-22)40-25-14-15-31-27(18-25)33-29(37)19-39-4/h8-18H,5-7,19H2,1-4H3,(H,31,33,37)(H2,32,34,38). The van der Waals surface area contributed by atoms with E-state index in [0.717, 1.165) is 41.8 Å². The van der Waals surface area contributed by atoms with E-state index in [1.807, 2.05) is 50.2 Å². The van der Waals surface area contributed by atoms with Crippen LogP contribution in [0.4, 0.5) is 22.1 Å². The third-order valence-corrected chi connectivity index (χ3v) is 6.00. The number of ether oxygens (including phenoxy) is 2. The maximum absolute atomic E-state index is 13.0. The predicted molar refractivity (Wildman–Crippen MR) is 156 cm³/mol. The summed E-state index contributed by atoms with van der Waals surface area (Å²) in [6.07, 6.45) is 4.47. The Bertz CT molecular complexity index is 1470. The molecule has 2 heterocycles. The summed E-state index contributed by atoms with van der Waals surface area (Å²) in [5.74, 6) is 1.75. The Morgan fingerprint density at radius 3 is 2.48 bits per heavy atom. The van der Waals surface area contributed by atoms with Gasteiger partial charge in [0.1, 0.15) is 29.7 Å². The maximum atomic E-state index is 13.0. The topological polar surface area (TPSA) is 119 Å². The Hall–Kier alpha value is -4.70. The average Bonchev–Trinajstić information content (AvgIpc) is 3.32. The van der Waals surface area contributed by atoms with E-state index in [1.54, 1.807) is 35.1 Å². The minimum atomic E-state index is -0.381. The molecule has 3 N–H and O–H groups in total. The molecule has 0 bridgehead atoms. The van der Waals surface area contributed by atoms with Crippen molar-refractivity contribution in [3.63, 3.8) is 0 Å². The van der Waals surface area contributed by atoms with Gasteiger partial charge in [-0.2, -0.15) is 5.10 Å². The number of carbonyl (C=O) groups is 2. The number of anilines is 3. The van der Waals surface area contributed by atoms with E-state index in [1.165, 1.54) is 7.11 Å². The highest BCUT2D eigenvalue weighted by atomic mass is 16.5. The summed E-state index contributed by atoms with van der Waals surface area (Å²) in [6, 6.07) is 18.2. The summed E-state index contributed by atoms with van der Waals surface area (Å²) < 4.78 is 12.6. The lowest BCUT2D eigenvalue weighted by atomic mass is 10.2. The Labute approximate surface area is 233 Å². The second kappa shape index (κ2) is 13.4. The lowest BCUT2D eigenvalue weighted by Gasteiger charge is -2.13. The van der Waals surface area contributed by atoms with Gasteiger partial charge in [-0.25, -0.2) is 14.5 Å². The van der Waals surface area contributed by atoms with Gasteiger partial charge in [-0.05, 0) is 68.7 Å². The molecular weight excluding hydrogens is 508 g/mol. The smallest absolute Gasteiger partial charge is 0.324 e. The molecule has 0 aliphatic rings. The van der Waals surface area contributed by atoms with Gasteiger partial charge in [-0.3, -0.25) is 10.1 Å². The van der Waals surface area contributed by atoms with Gasteiger partial charge in [-0.15, -0.1) is 0 Å². The van der Waals surface area contributed by atoms with Crippen LogP contribution in [0, 0.1) is 13.8 Å². The summed E-state index contributed by atoms with van der Waals surface area (Å²) in [5, 5.41) is 13.2. The normalized spacial score (nSPS) is 10.7. The summed E-state index contributed by atoms with van der Waals surface area (Å²) >= 11 is 0. The van der Waals surface area contributed by atoms with Crippen molar-refractivity contribution in [1.29, 1.82) is 0 Å². The third-order valence-electron chi connectivity index (χ3n) is 6.00. The van der Waals surface area contributed by atoms with E-state index in [9.17, 15) is 9.59 Å². The molecule has 0 atom stereocenters. The Kier molecular flexibility index (Phi) is 9.48. The van der Waals surface area contributed by atoms with Crippen LogP contribution in [0.25, 0.3) is 5.69 Å². The molecular formula is C30H34N6O4. The molecule has 0 fully saturated rings. The van der Waals surface area contributed by atoms with Crippen molar-refractivity contribution < 1.29 is 19.1 Å². The molecule has 3 amide bonds. The Morgan fingerprint density at radius 1 is 0.950 bits per heavy atom. The van der Waals surface area contributed by atoms with Crippen molar-refractivity contribution in [3.05, 3.63) is 83.7 Å². The van der Waals surface area contributed by atoms with Gasteiger partial charge in [-0.1, -0.05) is 31.0 Å². The van der Waals surface area contributed by atoms with Crippen molar-refractivity contribution in [2.45, 2.75) is 40.0 Å². The zero-order chi connectivity index (χ0) is 28.5. The predicted octanol–water partition coefficient (Wildman–Crippen LogP) is 6.25. The fraction of sp³-hybridized carbons (Fsp3) is 0.267. The van der Waals surface area contributed by atoms with Crippen molar-refractivity contribution >= 4 is 29.3 Å². The number of aromatic nitrogens is 3. The van der Waals surface area contributed by atoms with Crippen LogP contribution in [-0.4, -0.2) is 40.4 Å². The van der Waals surface area contributed by atoms with Crippen molar-refractivity contribution in [2.24, 2.45) is 0 Å². The highest BCUT2D eigenvalue weighted by Gasteiger charge is 2.14. The number of nitrogens with zero attached hydrogens (tertiary/aromatic N) is 3. The van der Waals surface area contributed by atoms with Gasteiger partial charge in [0, 0.05) is 31.1 Å². The van der Waals surface area contributed by atoms with Crippen LogP contribution >= 0.6 is 0 Å². The molecule has 0 saturated carbocycles. The first-order valence-electron chi connectivity index (χ1n) is 13.1. The lowest BCUT2D eigenvalue weighted by Crippen LogP contribution is -2.21. The number of hydrogen-bond acceptors (Lipinski definition) is 6. The lowest BCUT2D eigenvalue weighted by molar-refractivity contribution is -0.119. The van der Waals surface area contributed by atoms with Gasteiger partial charge >= 0.3 is 6.03 Å². The minimum Gasteiger partial charge on any atom is -0.457 e. The van der Waals surface area contributed by atoms with Crippen molar-refractivity contribution in [2.75, 3.05) is 29.7 Å². The molecule has 0 aliphatic carbocycles. The highest BCUT2D eigenvalue weighted by molar-refractivity contribution is 5.99. The molecule has 10 heteroatoms. The monoisotopic (exact) mass is 542 g/mol. The summed E-state index contributed by atoms with van der Waals surface area (Å²) in [6.45, 7) is 5.98. The number of pyridine rings is 1. The zero-order valence-corrected chi connectivity index (χ0v) is 23.2. The first kappa shape index (κ1) is 28.3. The summed E-state index contributed by atoms with van der Waals surface area (Å²) in [4.78, 5) is 28.8. The number of carbonyl (C=O) groups excluding carboxylic acids is 2. The van der Waals surface area contributed by atoms with Crippen LogP contribution in [0.15, 0.2) is 66.9 Å².